The minimum Gasteiger partial charge on any atom is -0.475 e. The second-order valence-corrected chi connectivity index (χ2v) is 8.48. The number of nitrogens with two attached hydrogens (primary N) is 1. The van der Waals surface area contributed by atoms with Gasteiger partial charge in [-0.25, -0.2) is 14.8 Å². The molecule has 4 aromatic rings. The maximum absolute atomic E-state index is 13.3. The number of benzene rings is 2. The number of ether oxygens (including phenoxy) is 1. The number of nitrogen functional groups attached to an aromatic ring is 1. The molecule has 0 fully saturated rings. The van der Waals surface area contributed by atoms with E-state index in [-0.39, 0.29) is 35.9 Å². The number of fused-ring (bicyclic) bond motifs is 2. The Morgan fingerprint density at radius 3 is 2.39 bits per heavy atom. The number of para-hydroxylation sites is 2. The van der Waals surface area contributed by atoms with E-state index in [1.165, 1.54) is 21.9 Å². The van der Waals surface area contributed by atoms with Crippen molar-refractivity contribution in [2.45, 2.75) is 26.6 Å². The lowest BCUT2D eigenvalue weighted by molar-refractivity contribution is -0.140. The lowest BCUT2D eigenvalue weighted by Crippen LogP contribution is -2.33. The number of nitrogens with zero attached hydrogens (tertiary/aromatic N) is 5. The number of alkyl halides is 3. The highest BCUT2D eigenvalue weighted by molar-refractivity contribution is 6.10. The molecule has 1 aliphatic heterocycles. The van der Waals surface area contributed by atoms with Crippen LogP contribution in [-0.4, -0.2) is 44.3 Å². The molecule has 0 bridgehead atoms. The topological polar surface area (TPSA) is 108 Å². The molecule has 0 saturated heterocycles. The molecule has 0 saturated carbocycles. The molecule has 0 unspecified atom stereocenters. The summed E-state index contributed by atoms with van der Waals surface area (Å²) in [5.74, 6) is -0.346. The molecule has 9 nitrogen and oxygen atoms in total. The molecule has 0 aliphatic carbocycles. The van der Waals surface area contributed by atoms with Crippen LogP contribution in [0.15, 0.2) is 47.5 Å². The van der Waals surface area contributed by atoms with Gasteiger partial charge in [0.25, 0.3) is 5.91 Å². The SMILES string of the molecule is Cc1cc(N2CCOc3ncnc(N)c3C2=O)cc(C)c1-n1c(=O)n(CC(F)(F)F)c2ccccc21. The Morgan fingerprint density at radius 1 is 1.06 bits per heavy atom. The second kappa shape index (κ2) is 8.40. The molecule has 186 valence electrons. The highest BCUT2D eigenvalue weighted by atomic mass is 19.4. The molecular formula is C24H21F3N6O3. The van der Waals surface area contributed by atoms with Gasteiger partial charge in [0, 0.05) is 5.69 Å². The minimum atomic E-state index is -4.57. The summed E-state index contributed by atoms with van der Waals surface area (Å²) in [5, 5.41) is 0. The van der Waals surface area contributed by atoms with Crippen LogP contribution in [0.5, 0.6) is 5.88 Å². The molecule has 5 rings (SSSR count). The third-order valence-corrected chi connectivity index (χ3v) is 6.04. The molecule has 0 spiro atoms. The van der Waals surface area contributed by atoms with Crippen molar-refractivity contribution in [3.05, 3.63) is 69.9 Å². The van der Waals surface area contributed by atoms with Crippen molar-refractivity contribution < 1.29 is 22.7 Å². The van der Waals surface area contributed by atoms with E-state index >= 15 is 0 Å². The number of carbonyl (C=O) groups excluding carboxylic acids is 1. The summed E-state index contributed by atoms with van der Waals surface area (Å²) < 4.78 is 47.3. The maximum atomic E-state index is 13.3. The molecule has 36 heavy (non-hydrogen) atoms. The lowest BCUT2D eigenvalue weighted by atomic mass is 10.1. The van der Waals surface area contributed by atoms with Gasteiger partial charge >= 0.3 is 11.9 Å². The molecule has 1 amide bonds. The number of rotatable bonds is 3. The zero-order chi connectivity index (χ0) is 25.8. The number of hydrogen-bond acceptors (Lipinski definition) is 6. The van der Waals surface area contributed by atoms with Crippen LogP contribution in [0.1, 0.15) is 21.5 Å². The third kappa shape index (κ3) is 3.84. The maximum Gasteiger partial charge on any atom is 0.406 e. The van der Waals surface area contributed by atoms with Gasteiger partial charge in [0.15, 0.2) is 0 Å². The molecule has 0 atom stereocenters. The van der Waals surface area contributed by atoms with Crippen molar-refractivity contribution in [1.82, 2.24) is 19.1 Å². The van der Waals surface area contributed by atoms with Crippen LogP contribution < -0.4 is 21.1 Å². The zero-order valence-corrected chi connectivity index (χ0v) is 19.3. The first-order chi connectivity index (χ1) is 17.1. The van der Waals surface area contributed by atoms with Gasteiger partial charge in [-0.15, -0.1) is 0 Å². The quantitative estimate of drug-likeness (QED) is 0.464. The number of anilines is 2. The number of halogens is 3. The van der Waals surface area contributed by atoms with Gasteiger partial charge in [-0.1, -0.05) is 12.1 Å². The molecule has 0 radical (unpaired) electrons. The smallest absolute Gasteiger partial charge is 0.406 e. The van der Waals surface area contributed by atoms with E-state index in [0.717, 1.165) is 4.57 Å². The van der Waals surface area contributed by atoms with Crippen LogP contribution in [0, 0.1) is 13.8 Å². The van der Waals surface area contributed by atoms with Gasteiger partial charge in [0.1, 0.15) is 30.9 Å². The van der Waals surface area contributed by atoms with Gasteiger partial charge in [-0.05, 0) is 49.2 Å². The number of hydrogen-bond donors (Lipinski definition) is 1. The van der Waals surface area contributed by atoms with Crippen molar-refractivity contribution in [2.24, 2.45) is 0 Å². The molecule has 3 heterocycles. The molecule has 2 N–H and O–H groups in total. The summed E-state index contributed by atoms with van der Waals surface area (Å²) in [6.07, 6.45) is -3.35. The fourth-order valence-corrected chi connectivity index (χ4v) is 4.61. The predicted molar refractivity (Wildman–Crippen MR) is 127 cm³/mol. The van der Waals surface area contributed by atoms with Crippen molar-refractivity contribution in [1.29, 1.82) is 0 Å². The molecule has 2 aromatic heterocycles. The number of imidazole rings is 1. The van der Waals surface area contributed by atoms with E-state index < -0.39 is 24.3 Å². The van der Waals surface area contributed by atoms with Crippen LogP contribution in [-0.2, 0) is 6.54 Å². The van der Waals surface area contributed by atoms with Crippen LogP contribution >= 0.6 is 0 Å². The fourth-order valence-electron chi connectivity index (χ4n) is 4.61. The highest BCUT2D eigenvalue weighted by Gasteiger charge is 2.32. The monoisotopic (exact) mass is 498 g/mol. The van der Waals surface area contributed by atoms with Crippen molar-refractivity contribution in [3.63, 3.8) is 0 Å². The van der Waals surface area contributed by atoms with Crippen molar-refractivity contribution >= 4 is 28.4 Å². The van der Waals surface area contributed by atoms with E-state index in [2.05, 4.69) is 9.97 Å². The van der Waals surface area contributed by atoms with Crippen LogP contribution in [0.3, 0.4) is 0 Å². The minimum absolute atomic E-state index is 0.00834. The van der Waals surface area contributed by atoms with E-state index in [0.29, 0.717) is 28.0 Å². The van der Waals surface area contributed by atoms with Crippen LogP contribution in [0.4, 0.5) is 24.7 Å². The third-order valence-electron chi connectivity index (χ3n) is 6.04. The molecule has 12 heteroatoms. The molecule has 2 aromatic carbocycles. The summed E-state index contributed by atoms with van der Waals surface area (Å²) in [6.45, 7) is 2.44. The van der Waals surface area contributed by atoms with Crippen LogP contribution in [0.25, 0.3) is 16.7 Å². The van der Waals surface area contributed by atoms with Gasteiger partial charge < -0.3 is 15.4 Å². The standard InChI is InChI=1S/C24H21F3N6O3/c1-13-9-15(31-7-8-36-21-18(22(31)34)20(28)29-12-30-21)10-14(2)19(13)33-17-6-4-3-5-16(17)32(23(33)35)11-24(25,26)27/h3-6,9-10,12H,7-8,11H2,1-2H3,(H2,28,29,30). The normalized spacial score (nSPS) is 14.0. The summed E-state index contributed by atoms with van der Waals surface area (Å²) >= 11 is 0. The summed E-state index contributed by atoms with van der Waals surface area (Å²) in [7, 11) is 0. The van der Waals surface area contributed by atoms with Gasteiger partial charge in [-0.3, -0.25) is 13.9 Å². The Labute approximate surface area is 202 Å². The Hall–Kier alpha value is -4.35. The predicted octanol–water partition coefficient (Wildman–Crippen LogP) is 3.38. The van der Waals surface area contributed by atoms with E-state index in [1.807, 2.05) is 0 Å². The second-order valence-electron chi connectivity index (χ2n) is 8.48. The lowest BCUT2D eigenvalue weighted by Gasteiger charge is -2.23. The first kappa shape index (κ1) is 23.4. The Balaban J connectivity index is 1.64. The average molecular weight is 498 g/mol. The number of amides is 1. The Bertz CT molecular complexity index is 1550. The largest absolute Gasteiger partial charge is 0.475 e. The molecular weight excluding hydrogens is 477 g/mol. The highest BCUT2D eigenvalue weighted by Crippen LogP contribution is 2.32. The summed E-state index contributed by atoms with van der Waals surface area (Å²) in [6, 6.07) is 9.74. The summed E-state index contributed by atoms with van der Waals surface area (Å²) in [4.78, 5) is 35.9. The van der Waals surface area contributed by atoms with E-state index in [4.69, 9.17) is 10.5 Å². The Kier molecular flexibility index (Phi) is 5.46. The first-order valence-corrected chi connectivity index (χ1v) is 11.0. The average Bonchev–Trinajstić information content (AvgIpc) is 2.95. The molecule has 1 aliphatic rings. The first-order valence-electron chi connectivity index (χ1n) is 11.0. The van der Waals surface area contributed by atoms with Crippen molar-refractivity contribution in [2.75, 3.05) is 23.8 Å². The number of aromatic nitrogens is 4. The fraction of sp³-hybridized carbons (Fsp3) is 0.250. The summed E-state index contributed by atoms with van der Waals surface area (Å²) in [5.41, 5.74) is 7.86. The van der Waals surface area contributed by atoms with Crippen LogP contribution in [0.2, 0.25) is 0 Å². The van der Waals surface area contributed by atoms with E-state index in [9.17, 15) is 22.8 Å². The van der Waals surface area contributed by atoms with Gasteiger partial charge in [-0.2, -0.15) is 13.2 Å². The Morgan fingerprint density at radius 2 is 1.72 bits per heavy atom. The van der Waals surface area contributed by atoms with Gasteiger partial charge in [0.2, 0.25) is 5.88 Å². The zero-order valence-electron chi connectivity index (χ0n) is 19.3. The number of carbonyl (C=O) groups is 1. The van der Waals surface area contributed by atoms with E-state index in [1.54, 1.807) is 44.2 Å². The van der Waals surface area contributed by atoms with Crippen molar-refractivity contribution in [3.8, 4) is 11.6 Å². The number of aryl methyl sites for hydroxylation is 2. The van der Waals surface area contributed by atoms with Gasteiger partial charge in [0.05, 0.1) is 23.3 Å².